The Labute approximate surface area is 150 Å². The number of halogens is 1. The minimum absolute atomic E-state index is 0.0651. The van der Waals surface area contributed by atoms with Crippen LogP contribution in [0.5, 0.6) is 5.75 Å². The highest BCUT2D eigenvalue weighted by atomic mass is 19.1. The predicted octanol–water partition coefficient (Wildman–Crippen LogP) is 1.21. The van der Waals surface area contributed by atoms with Gasteiger partial charge in [0, 0.05) is 18.0 Å². The number of hydrogen-bond acceptors (Lipinski definition) is 5. The van der Waals surface area contributed by atoms with Gasteiger partial charge in [-0.05, 0) is 48.4 Å². The van der Waals surface area contributed by atoms with Gasteiger partial charge in [-0.25, -0.2) is 9.82 Å². The molecule has 0 unspecified atom stereocenters. The van der Waals surface area contributed by atoms with Gasteiger partial charge in [-0.2, -0.15) is 5.10 Å². The van der Waals surface area contributed by atoms with E-state index in [1.54, 1.807) is 25.1 Å². The van der Waals surface area contributed by atoms with Gasteiger partial charge in [-0.3, -0.25) is 4.79 Å². The van der Waals surface area contributed by atoms with E-state index in [0.717, 1.165) is 0 Å². The summed E-state index contributed by atoms with van der Waals surface area (Å²) in [5.74, 6) is -1.50. The summed E-state index contributed by atoms with van der Waals surface area (Å²) in [6.45, 7) is 1.68. The third-order valence-electron chi connectivity index (χ3n) is 3.66. The van der Waals surface area contributed by atoms with Crippen LogP contribution in [0, 0.1) is 5.82 Å². The van der Waals surface area contributed by atoms with Crippen molar-refractivity contribution in [2.45, 2.75) is 19.8 Å². The van der Waals surface area contributed by atoms with Gasteiger partial charge in [-0.15, -0.1) is 0 Å². The number of carbonyl (C=O) groups is 2. The van der Waals surface area contributed by atoms with E-state index in [0.29, 0.717) is 28.2 Å². The van der Waals surface area contributed by atoms with E-state index >= 15 is 0 Å². The third-order valence-corrected chi connectivity index (χ3v) is 3.66. The summed E-state index contributed by atoms with van der Waals surface area (Å²) in [7, 11) is 1.45. The third kappa shape index (κ3) is 5.41. The molecule has 0 saturated carbocycles. The molecule has 136 valence electrons. The molecule has 0 atom stereocenters. The van der Waals surface area contributed by atoms with Gasteiger partial charge < -0.3 is 14.6 Å². The molecule has 0 heterocycles. The molecule has 26 heavy (non-hydrogen) atoms. The van der Waals surface area contributed by atoms with E-state index in [1.165, 1.54) is 31.4 Å². The Bertz CT molecular complexity index is 832. The second kappa shape index (κ2) is 8.75. The SMILES string of the molecule is COc1ccc(/C(C)=N\NC(=O)Cc2ccc(F)cc2)cc1CC(=O)[O-]. The lowest BCUT2D eigenvalue weighted by molar-refractivity contribution is -0.304. The summed E-state index contributed by atoms with van der Waals surface area (Å²) < 4.78 is 18.0. The van der Waals surface area contributed by atoms with Gasteiger partial charge in [0.25, 0.3) is 0 Å². The van der Waals surface area contributed by atoms with Gasteiger partial charge in [0.1, 0.15) is 11.6 Å². The summed E-state index contributed by atoms with van der Waals surface area (Å²) >= 11 is 0. The summed E-state index contributed by atoms with van der Waals surface area (Å²) in [6.07, 6.45) is -0.225. The first-order valence-electron chi connectivity index (χ1n) is 7.83. The first kappa shape index (κ1) is 19.1. The number of hydrogen-bond donors (Lipinski definition) is 1. The van der Waals surface area contributed by atoms with Crippen molar-refractivity contribution in [3.05, 3.63) is 65.0 Å². The molecule has 6 nitrogen and oxygen atoms in total. The highest BCUT2D eigenvalue weighted by Gasteiger charge is 2.08. The number of methoxy groups -OCH3 is 1. The van der Waals surface area contributed by atoms with Gasteiger partial charge in [0.05, 0.1) is 19.2 Å². The molecular weight excluding hydrogens is 339 g/mol. The first-order valence-corrected chi connectivity index (χ1v) is 7.83. The predicted molar refractivity (Wildman–Crippen MR) is 92.2 cm³/mol. The van der Waals surface area contributed by atoms with Crippen LogP contribution in [-0.4, -0.2) is 24.7 Å². The fourth-order valence-electron chi connectivity index (χ4n) is 2.34. The molecule has 0 fully saturated rings. The average Bonchev–Trinajstić information content (AvgIpc) is 2.61. The first-order chi connectivity index (χ1) is 12.4. The second-order valence-corrected chi connectivity index (χ2v) is 5.61. The number of aliphatic carboxylic acids is 1. The Morgan fingerprint density at radius 1 is 1.15 bits per heavy atom. The van der Waals surface area contributed by atoms with Crippen LogP contribution in [0.3, 0.4) is 0 Å². The van der Waals surface area contributed by atoms with Crippen molar-refractivity contribution >= 4 is 17.6 Å². The van der Waals surface area contributed by atoms with Crippen molar-refractivity contribution in [3.63, 3.8) is 0 Å². The number of nitrogens with one attached hydrogen (secondary N) is 1. The highest BCUT2D eigenvalue weighted by Crippen LogP contribution is 2.20. The van der Waals surface area contributed by atoms with E-state index < -0.39 is 5.97 Å². The highest BCUT2D eigenvalue weighted by molar-refractivity contribution is 5.99. The van der Waals surface area contributed by atoms with E-state index in [4.69, 9.17) is 4.74 Å². The molecule has 0 aromatic heterocycles. The van der Waals surface area contributed by atoms with Gasteiger partial charge in [0.15, 0.2) is 0 Å². The number of carbonyl (C=O) groups excluding carboxylic acids is 2. The van der Waals surface area contributed by atoms with Crippen LogP contribution in [-0.2, 0) is 22.4 Å². The lowest BCUT2D eigenvalue weighted by Gasteiger charge is -2.11. The van der Waals surface area contributed by atoms with Crippen LogP contribution in [0.15, 0.2) is 47.6 Å². The number of amides is 1. The average molecular weight is 357 g/mol. The number of nitrogens with zero attached hydrogens (tertiary/aromatic N) is 1. The summed E-state index contributed by atoms with van der Waals surface area (Å²) in [4.78, 5) is 22.8. The van der Waals surface area contributed by atoms with Gasteiger partial charge in [0.2, 0.25) is 5.91 Å². The Balaban J connectivity index is 2.07. The number of ether oxygens (including phenoxy) is 1. The Morgan fingerprint density at radius 3 is 2.46 bits per heavy atom. The Hall–Kier alpha value is -3.22. The smallest absolute Gasteiger partial charge is 0.244 e. The molecule has 2 aromatic carbocycles. The maximum Gasteiger partial charge on any atom is 0.244 e. The quantitative estimate of drug-likeness (QED) is 0.596. The molecule has 7 heteroatoms. The summed E-state index contributed by atoms with van der Waals surface area (Å²) in [5.41, 5.74) is 4.69. The van der Waals surface area contributed by atoms with Crippen molar-refractivity contribution < 1.29 is 23.8 Å². The lowest BCUT2D eigenvalue weighted by atomic mass is 10.0. The molecule has 0 radical (unpaired) electrons. The lowest BCUT2D eigenvalue weighted by Crippen LogP contribution is -2.24. The molecular formula is C19H18FN2O4-. The van der Waals surface area contributed by atoms with Gasteiger partial charge >= 0.3 is 0 Å². The Kier molecular flexibility index (Phi) is 6.43. The molecule has 0 aliphatic heterocycles. The molecule has 0 saturated heterocycles. The van der Waals surface area contributed by atoms with Crippen molar-refractivity contribution in [3.8, 4) is 5.75 Å². The topological polar surface area (TPSA) is 90.8 Å². The van der Waals surface area contributed by atoms with Crippen molar-refractivity contribution in [2.75, 3.05) is 7.11 Å². The van der Waals surface area contributed by atoms with Crippen LogP contribution in [0.2, 0.25) is 0 Å². The molecule has 0 aliphatic rings. The zero-order valence-corrected chi connectivity index (χ0v) is 14.4. The molecule has 2 rings (SSSR count). The zero-order valence-electron chi connectivity index (χ0n) is 14.4. The van der Waals surface area contributed by atoms with Gasteiger partial charge in [-0.1, -0.05) is 12.1 Å². The summed E-state index contributed by atoms with van der Waals surface area (Å²) in [5, 5.41) is 14.9. The molecule has 0 bridgehead atoms. The second-order valence-electron chi connectivity index (χ2n) is 5.61. The standard InChI is InChI=1S/C19H19FN2O4/c1-12(14-5-8-17(26-2)15(10-14)11-19(24)25)21-22-18(23)9-13-3-6-16(20)7-4-13/h3-8,10H,9,11H2,1-2H3,(H,22,23)(H,24,25)/p-1/b21-12-. The number of carboxylic acids is 1. The number of benzene rings is 2. The molecule has 1 N–H and O–H groups in total. The maximum absolute atomic E-state index is 12.9. The molecule has 0 spiro atoms. The zero-order chi connectivity index (χ0) is 19.1. The molecule has 1 amide bonds. The molecule has 0 aliphatic carbocycles. The summed E-state index contributed by atoms with van der Waals surface area (Å²) in [6, 6.07) is 10.6. The monoisotopic (exact) mass is 357 g/mol. The van der Waals surface area contributed by atoms with Crippen LogP contribution in [0.4, 0.5) is 4.39 Å². The fraction of sp³-hybridized carbons (Fsp3) is 0.211. The maximum atomic E-state index is 12.9. The number of rotatable bonds is 7. The van der Waals surface area contributed by atoms with E-state index in [9.17, 15) is 19.1 Å². The Morgan fingerprint density at radius 2 is 1.85 bits per heavy atom. The van der Waals surface area contributed by atoms with E-state index in [2.05, 4.69) is 10.5 Å². The minimum atomic E-state index is -1.22. The normalized spacial score (nSPS) is 11.1. The molecule has 2 aromatic rings. The van der Waals surface area contributed by atoms with Crippen molar-refractivity contribution in [2.24, 2.45) is 5.10 Å². The van der Waals surface area contributed by atoms with Crippen LogP contribution < -0.4 is 15.3 Å². The fourth-order valence-corrected chi connectivity index (χ4v) is 2.34. The number of carboxylic acid groups (broad SMARTS) is 1. The van der Waals surface area contributed by atoms with E-state index in [1.807, 2.05) is 0 Å². The van der Waals surface area contributed by atoms with E-state index in [-0.39, 0.29) is 24.6 Å². The van der Waals surface area contributed by atoms with Crippen LogP contribution in [0.25, 0.3) is 0 Å². The van der Waals surface area contributed by atoms with Crippen LogP contribution in [0.1, 0.15) is 23.6 Å². The van der Waals surface area contributed by atoms with Crippen molar-refractivity contribution in [1.82, 2.24) is 5.43 Å². The van der Waals surface area contributed by atoms with Crippen LogP contribution >= 0.6 is 0 Å². The number of hydrazone groups is 1. The van der Waals surface area contributed by atoms with Crippen molar-refractivity contribution in [1.29, 1.82) is 0 Å². The largest absolute Gasteiger partial charge is 0.550 e. The minimum Gasteiger partial charge on any atom is -0.550 e.